The fourth-order valence-corrected chi connectivity index (χ4v) is 3.59. The van der Waals surface area contributed by atoms with E-state index < -0.39 is 0 Å². The SMILES string of the molecule is CCCN1CCCC[C@@H]1c1cccnc1SCC. The van der Waals surface area contributed by atoms with Crippen molar-refractivity contribution in [2.75, 3.05) is 18.8 Å². The first-order valence-electron chi connectivity index (χ1n) is 7.18. The molecule has 1 aromatic heterocycles. The monoisotopic (exact) mass is 264 g/mol. The van der Waals surface area contributed by atoms with Crippen molar-refractivity contribution in [2.45, 2.75) is 50.6 Å². The molecule has 2 nitrogen and oxygen atoms in total. The first-order valence-corrected chi connectivity index (χ1v) is 8.17. The number of pyridine rings is 1. The van der Waals surface area contributed by atoms with Crippen LogP contribution in [0, 0.1) is 0 Å². The third-order valence-corrected chi connectivity index (χ3v) is 4.47. The van der Waals surface area contributed by atoms with E-state index in [1.807, 2.05) is 18.0 Å². The lowest BCUT2D eigenvalue weighted by Crippen LogP contribution is -2.34. The number of piperidine rings is 1. The van der Waals surface area contributed by atoms with Crippen molar-refractivity contribution in [3.8, 4) is 0 Å². The number of likely N-dealkylation sites (tertiary alicyclic amines) is 1. The topological polar surface area (TPSA) is 16.1 Å². The molecule has 1 fully saturated rings. The van der Waals surface area contributed by atoms with Gasteiger partial charge in [0, 0.05) is 17.8 Å². The summed E-state index contributed by atoms with van der Waals surface area (Å²) in [7, 11) is 0. The van der Waals surface area contributed by atoms with Crippen LogP contribution in [0.1, 0.15) is 51.1 Å². The summed E-state index contributed by atoms with van der Waals surface area (Å²) in [6, 6.07) is 4.97. The molecule has 0 spiro atoms. The molecule has 0 radical (unpaired) electrons. The summed E-state index contributed by atoms with van der Waals surface area (Å²) in [6.45, 7) is 6.95. The van der Waals surface area contributed by atoms with Crippen LogP contribution < -0.4 is 0 Å². The first kappa shape index (κ1) is 13.9. The summed E-state index contributed by atoms with van der Waals surface area (Å²) in [5.74, 6) is 1.10. The van der Waals surface area contributed by atoms with Crippen molar-refractivity contribution in [2.24, 2.45) is 0 Å². The van der Waals surface area contributed by atoms with E-state index in [2.05, 4.69) is 35.9 Å². The number of aromatic nitrogens is 1. The quantitative estimate of drug-likeness (QED) is 0.744. The Kier molecular flexibility index (Phi) is 5.51. The van der Waals surface area contributed by atoms with E-state index in [-0.39, 0.29) is 0 Å². The van der Waals surface area contributed by atoms with Gasteiger partial charge in [0.05, 0.1) is 0 Å². The summed E-state index contributed by atoms with van der Waals surface area (Å²) in [5, 5.41) is 1.24. The van der Waals surface area contributed by atoms with Crippen molar-refractivity contribution in [1.29, 1.82) is 0 Å². The number of rotatable bonds is 5. The van der Waals surface area contributed by atoms with Gasteiger partial charge in [-0.3, -0.25) is 4.90 Å². The average Bonchev–Trinajstić information content (AvgIpc) is 2.41. The molecule has 2 heterocycles. The summed E-state index contributed by atoms with van der Waals surface area (Å²) >= 11 is 1.88. The highest BCUT2D eigenvalue weighted by Crippen LogP contribution is 2.35. The molecule has 0 N–H and O–H groups in total. The molecule has 2 rings (SSSR count). The van der Waals surface area contributed by atoms with Gasteiger partial charge in [0.15, 0.2) is 0 Å². The second-order valence-corrected chi connectivity index (χ2v) is 6.13. The van der Waals surface area contributed by atoms with Crippen molar-refractivity contribution >= 4 is 11.8 Å². The smallest absolute Gasteiger partial charge is 0.101 e. The van der Waals surface area contributed by atoms with Crippen molar-refractivity contribution in [3.05, 3.63) is 23.9 Å². The van der Waals surface area contributed by atoms with Gasteiger partial charge in [-0.1, -0.05) is 26.3 Å². The lowest BCUT2D eigenvalue weighted by atomic mass is 9.96. The first-order chi connectivity index (χ1) is 8.86. The highest BCUT2D eigenvalue weighted by molar-refractivity contribution is 7.99. The van der Waals surface area contributed by atoms with Crippen LogP contribution in [0.2, 0.25) is 0 Å². The van der Waals surface area contributed by atoms with Gasteiger partial charge in [-0.15, -0.1) is 11.8 Å². The van der Waals surface area contributed by atoms with Crippen molar-refractivity contribution in [1.82, 2.24) is 9.88 Å². The van der Waals surface area contributed by atoms with Crippen LogP contribution in [-0.4, -0.2) is 28.7 Å². The maximum absolute atomic E-state index is 4.57. The Morgan fingerprint density at radius 1 is 1.39 bits per heavy atom. The van der Waals surface area contributed by atoms with Gasteiger partial charge in [-0.25, -0.2) is 4.98 Å². The van der Waals surface area contributed by atoms with Crippen LogP contribution in [-0.2, 0) is 0 Å². The van der Waals surface area contributed by atoms with E-state index in [1.165, 1.54) is 49.4 Å². The fourth-order valence-electron chi connectivity index (χ4n) is 2.81. The van der Waals surface area contributed by atoms with Gasteiger partial charge < -0.3 is 0 Å². The molecule has 0 amide bonds. The molecule has 1 saturated heterocycles. The normalized spacial score (nSPS) is 21.1. The molecule has 0 bridgehead atoms. The van der Waals surface area contributed by atoms with E-state index >= 15 is 0 Å². The zero-order valence-corrected chi connectivity index (χ0v) is 12.4. The van der Waals surface area contributed by atoms with Crippen LogP contribution in [0.25, 0.3) is 0 Å². The van der Waals surface area contributed by atoms with Crippen LogP contribution in [0.4, 0.5) is 0 Å². The van der Waals surface area contributed by atoms with Crippen LogP contribution in [0.5, 0.6) is 0 Å². The van der Waals surface area contributed by atoms with Gasteiger partial charge in [-0.05, 0) is 44.2 Å². The summed E-state index contributed by atoms with van der Waals surface area (Å²) in [5.41, 5.74) is 1.46. The van der Waals surface area contributed by atoms with E-state index in [0.717, 1.165) is 5.75 Å². The predicted octanol–water partition coefficient (Wildman–Crippen LogP) is 4.13. The van der Waals surface area contributed by atoms with Gasteiger partial charge in [-0.2, -0.15) is 0 Å². The predicted molar refractivity (Wildman–Crippen MR) is 79.1 cm³/mol. The summed E-state index contributed by atoms with van der Waals surface area (Å²) in [4.78, 5) is 7.23. The second kappa shape index (κ2) is 7.15. The van der Waals surface area contributed by atoms with E-state index in [1.54, 1.807) is 0 Å². The third kappa shape index (κ3) is 3.27. The molecule has 1 aliphatic heterocycles. The maximum atomic E-state index is 4.57. The van der Waals surface area contributed by atoms with Crippen LogP contribution in [0.15, 0.2) is 23.4 Å². The third-order valence-electron chi connectivity index (χ3n) is 3.57. The lowest BCUT2D eigenvalue weighted by molar-refractivity contribution is 0.146. The average molecular weight is 264 g/mol. The largest absolute Gasteiger partial charge is 0.296 e. The Morgan fingerprint density at radius 3 is 3.06 bits per heavy atom. The van der Waals surface area contributed by atoms with Crippen molar-refractivity contribution < 1.29 is 0 Å². The molecule has 0 unspecified atom stereocenters. The van der Waals surface area contributed by atoms with E-state index in [9.17, 15) is 0 Å². The van der Waals surface area contributed by atoms with Crippen molar-refractivity contribution in [3.63, 3.8) is 0 Å². The number of nitrogens with zero attached hydrogens (tertiary/aromatic N) is 2. The fraction of sp³-hybridized carbons (Fsp3) is 0.667. The molecule has 18 heavy (non-hydrogen) atoms. The van der Waals surface area contributed by atoms with E-state index in [0.29, 0.717) is 6.04 Å². The highest BCUT2D eigenvalue weighted by Gasteiger charge is 2.25. The lowest BCUT2D eigenvalue weighted by Gasteiger charge is -2.36. The molecule has 0 aromatic carbocycles. The highest BCUT2D eigenvalue weighted by atomic mass is 32.2. The molecule has 100 valence electrons. The summed E-state index contributed by atoms with van der Waals surface area (Å²) in [6.07, 6.45) is 7.17. The molecular weight excluding hydrogens is 240 g/mol. The van der Waals surface area contributed by atoms with Crippen LogP contribution >= 0.6 is 11.8 Å². The minimum absolute atomic E-state index is 0.599. The van der Waals surface area contributed by atoms with Gasteiger partial charge in [0.1, 0.15) is 5.03 Å². The zero-order chi connectivity index (χ0) is 12.8. The molecule has 1 atom stereocenters. The standard InChI is InChI=1S/C15H24N2S/c1-3-11-17-12-6-5-9-14(17)13-8-7-10-16-15(13)18-4-2/h7-8,10,14H,3-6,9,11-12H2,1-2H3/t14-/m1/s1. The van der Waals surface area contributed by atoms with Gasteiger partial charge >= 0.3 is 0 Å². The number of hydrogen-bond acceptors (Lipinski definition) is 3. The van der Waals surface area contributed by atoms with E-state index in [4.69, 9.17) is 0 Å². The second-order valence-electron chi connectivity index (χ2n) is 4.88. The number of hydrogen-bond donors (Lipinski definition) is 0. The Bertz CT molecular complexity index is 365. The number of thioether (sulfide) groups is 1. The van der Waals surface area contributed by atoms with Gasteiger partial charge in [0.2, 0.25) is 0 Å². The van der Waals surface area contributed by atoms with Crippen LogP contribution in [0.3, 0.4) is 0 Å². The Labute approximate surface area is 115 Å². The molecule has 0 aliphatic carbocycles. The molecule has 3 heteroatoms. The Balaban J connectivity index is 2.21. The minimum atomic E-state index is 0.599. The Hall–Kier alpha value is -0.540. The molecule has 1 aliphatic rings. The molecular formula is C15H24N2S. The maximum Gasteiger partial charge on any atom is 0.101 e. The zero-order valence-electron chi connectivity index (χ0n) is 11.6. The molecule has 1 aromatic rings. The van der Waals surface area contributed by atoms with Gasteiger partial charge in [0.25, 0.3) is 0 Å². The summed E-state index contributed by atoms with van der Waals surface area (Å²) < 4.78 is 0. The Morgan fingerprint density at radius 2 is 2.28 bits per heavy atom. The molecule has 0 saturated carbocycles. The minimum Gasteiger partial charge on any atom is -0.296 e.